The van der Waals surface area contributed by atoms with Crippen LogP contribution in [0.25, 0.3) is 0 Å². The van der Waals surface area contributed by atoms with Crippen LogP contribution in [0.3, 0.4) is 0 Å². The summed E-state index contributed by atoms with van der Waals surface area (Å²) in [5.74, 6) is 0.802. The lowest BCUT2D eigenvalue weighted by molar-refractivity contribution is 0.160. The van der Waals surface area contributed by atoms with Crippen molar-refractivity contribution >= 4 is 0 Å². The summed E-state index contributed by atoms with van der Waals surface area (Å²) < 4.78 is 5.13. The van der Waals surface area contributed by atoms with Crippen molar-refractivity contribution in [2.75, 3.05) is 7.11 Å². The van der Waals surface area contributed by atoms with E-state index in [2.05, 4.69) is 5.48 Å². The molecule has 0 aliphatic heterocycles. The summed E-state index contributed by atoms with van der Waals surface area (Å²) in [6, 6.07) is 5.78. The van der Waals surface area contributed by atoms with Crippen LogP contribution in [0.5, 0.6) is 5.75 Å². The van der Waals surface area contributed by atoms with E-state index >= 15 is 0 Å². The van der Waals surface area contributed by atoms with Gasteiger partial charge in [-0.3, -0.25) is 0 Å². The Morgan fingerprint density at radius 2 is 2.25 bits per heavy atom. The van der Waals surface area contributed by atoms with Gasteiger partial charge in [0.05, 0.1) is 7.11 Å². The number of ether oxygens (including phenoxy) is 1. The van der Waals surface area contributed by atoms with Crippen LogP contribution in [-0.2, 0) is 6.54 Å². The molecule has 0 radical (unpaired) electrons. The third kappa shape index (κ3) is 1.75. The maximum absolute atomic E-state index is 8.56. The van der Waals surface area contributed by atoms with Gasteiger partial charge in [0.2, 0.25) is 0 Å². The molecule has 0 unspecified atom stereocenters. The molecule has 0 spiro atoms. The molecule has 1 aromatic rings. The molecule has 12 heavy (non-hydrogen) atoms. The Morgan fingerprint density at radius 3 is 2.83 bits per heavy atom. The molecule has 0 aliphatic rings. The average molecular weight is 167 g/mol. The Bertz CT molecular complexity index is 261. The maximum atomic E-state index is 8.56. The fourth-order valence-corrected chi connectivity index (χ4v) is 1.17. The molecule has 1 rings (SSSR count). The first kappa shape index (κ1) is 9.03. The van der Waals surface area contributed by atoms with Gasteiger partial charge in [-0.25, -0.2) is 5.48 Å². The second kappa shape index (κ2) is 4.09. The molecule has 0 aromatic heterocycles. The average Bonchev–Trinajstić information content (AvgIpc) is 2.09. The monoisotopic (exact) mass is 167 g/mol. The van der Waals surface area contributed by atoms with Gasteiger partial charge in [0.25, 0.3) is 0 Å². The van der Waals surface area contributed by atoms with Gasteiger partial charge in [-0.05, 0) is 18.6 Å². The molecular weight excluding hydrogens is 154 g/mol. The van der Waals surface area contributed by atoms with Crippen LogP contribution < -0.4 is 10.2 Å². The molecule has 0 bridgehead atoms. The van der Waals surface area contributed by atoms with E-state index in [1.165, 1.54) is 0 Å². The summed E-state index contributed by atoms with van der Waals surface area (Å²) in [5.41, 5.74) is 4.22. The van der Waals surface area contributed by atoms with Crippen molar-refractivity contribution in [3.8, 4) is 5.75 Å². The minimum Gasteiger partial charge on any atom is -0.496 e. The molecule has 0 fully saturated rings. The molecule has 0 saturated heterocycles. The van der Waals surface area contributed by atoms with Crippen LogP contribution in [0, 0.1) is 6.92 Å². The van der Waals surface area contributed by atoms with E-state index in [0.717, 1.165) is 16.9 Å². The Labute approximate surface area is 71.9 Å². The van der Waals surface area contributed by atoms with Crippen LogP contribution in [0.1, 0.15) is 11.1 Å². The summed E-state index contributed by atoms with van der Waals surface area (Å²) in [4.78, 5) is 0. The zero-order chi connectivity index (χ0) is 8.97. The Hall–Kier alpha value is -1.06. The number of nitrogens with one attached hydrogen (secondary N) is 1. The lowest BCUT2D eigenvalue weighted by atomic mass is 10.1. The van der Waals surface area contributed by atoms with E-state index in [4.69, 9.17) is 9.94 Å². The molecular formula is C9H13NO2. The van der Waals surface area contributed by atoms with Crippen LogP contribution >= 0.6 is 0 Å². The van der Waals surface area contributed by atoms with Crippen molar-refractivity contribution in [1.82, 2.24) is 5.48 Å². The number of rotatable bonds is 3. The van der Waals surface area contributed by atoms with Crippen molar-refractivity contribution in [3.05, 3.63) is 29.3 Å². The second-order valence-electron chi connectivity index (χ2n) is 2.59. The van der Waals surface area contributed by atoms with Gasteiger partial charge < -0.3 is 9.94 Å². The highest BCUT2D eigenvalue weighted by Crippen LogP contribution is 2.20. The number of benzene rings is 1. The van der Waals surface area contributed by atoms with Gasteiger partial charge in [-0.2, -0.15) is 0 Å². The Kier molecular flexibility index (Phi) is 3.08. The fourth-order valence-electron chi connectivity index (χ4n) is 1.17. The highest BCUT2D eigenvalue weighted by molar-refractivity contribution is 5.39. The van der Waals surface area contributed by atoms with E-state index in [9.17, 15) is 0 Å². The SMILES string of the molecule is COc1cccc(C)c1CNO. The molecule has 0 saturated carbocycles. The molecule has 0 aliphatic carbocycles. The number of aryl methyl sites for hydroxylation is 1. The quantitative estimate of drug-likeness (QED) is 0.670. The van der Waals surface area contributed by atoms with Gasteiger partial charge in [-0.1, -0.05) is 12.1 Å². The summed E-state index contributed by atoms with van der Waals surface area (Å²) in [5, 5.41) is 8.56. The van der Waals surface area contributed by atoms with Crippen LogP contribution in [-0.4, -0.2) is 12.3 Å². The normalized spacial score (nSPS) is 9.92. The van der Waals surface area contributed by atoms with Gasteiger partial charge in [0.1, 0.15) is 5.75 Å². The minimum absolute atomic E-state index is 0.413. The van der Waals surface area contributed by atoms with Gasteiger partial charge in [-0.15, -0.1) is 0 Å². The first-order valence-electron chi connectivity index (χ1n) is 3.79. The standard InChI is InChI=1S/C9H13NO2/c1-7-4-3-5-9(12-2)8(7)6-10-11/h3-5,10-11H,6H2,1-2H3. The molecule has 3 nitrogen and oxygen atoms in total. The topological polar surface area (TPSA) is 41.5 Å². The van der Waals surface area contributed by atoms with Crippen molar-refractivity contribution < 1.29 is 9.94 Å². The zero-order valence-electron chi connectivity index (χ0n) is 7.29. The molecule has 0 heterocycles. The first-order valence-corrected chi connectivity index (χ1v) is 3.79. The number of hydrogen-bond donors (Lipinski definition) is 2. The molecule has 1 aromatic carbocycles. The Balaban J connectivity index is 3.02. The lowest BCUT2D eigenvalue weighted by Gasteiger charge is -2.09. The van der Waals surface area contributed by atoms with Crippen LogP contribution in [0.4, 0.5) is 0 Å². The largest absolute Gasteiger partial charge is 0.496 e. The van der Waals surface area contributed by atoms with Crippen LogP contribution in [0.15, 0.2) is 18.2 Å². The molecule has 3 heteroatoms. The first-order chi connectivity index (χ1) is 5.79. The fraction of sp³-hybridized carbons (Fsp3) is 0.333. The van der Waals surface area contributed by atoms with E-state index in [0.29, 0.717) is 6.54 Å². The highest BCUT2D eigenvalue weighted by atomic mass is 16.5. The second-order valence-corrected chi connectivity index (χ2v) is 2.59. The number of hydrogen-bond acceptors (Lipinski definition) is 3. The third-order valence-electron chi connectivity index (χ3n) is 1.84. The van der Waals surface area contributed by atoms with Gasteiger partial charge in [0, 0.05) is 12.1 Å². The lowest BCUT2D eigenvalue weighted by Crippen LogP contribution is -2.08. The Morgan fingerprint density at radius 1 is 1.50 bits per heavy atom. The van der Waals surface area contributed by atoms with Crippen molar-refractivity contribution in [1.29, 1.82) is 0 Å². The summed E-state index contributed by atoms with van der Waals surface area (Å²) in [6.07, 6.45) is 0. The van der Waals surface area contributed by atoms with Crippen LogP contribution in [0.2, 0.25) is 0 Å². The zero-order valence-corrected chi connectivity index (χ0v) is 7.29. The van der Waals surface area contributed by atoms with Crippen molar-refractivity contribution in [2.24, 2.45) is 0 Å². The third-order valence-corrected chi connectivity index (χ3v) is 1.84. The summed E-state index contributed by atoms with van der Waals surface area (Å²) in [7, 11) is 1.62. The summed E-state index contributed by atoms with van der Waals surface area (Å²) >= 11 is 0. The summed E-state index contributed by atoms with van der Waals surface area (Å²) in [6.45, 7) is 2.39. The minimum atomic E-state index is 0.413. The van der Waals surface area contributed by atoms with E-state index in [-0.39, 0.29) is 0 Å². The molecule has 0 atom stereocenters. The van der Waals surface area contributed by atoms with E-state index in [1.54, 1.807) is 7.11 Å². The van der Waals surface area contributed by atoms with Gasteiger partial charge >= 0.3 is 0 Å². The number of methoxy groups -OCH3 is 1. The van der Waals surface area contributed by atoms with Gasteiger partial charge in [0.15, 0.2) is 0 Å². The highest BCUT2D eigenvalue weighted by Gasteiger charge is 2.03. The van der Waals surface area contributed by atoms with Crippen molar-refractivity contribution in [2.45, 2.75) is 13.5 Å². The molecule has 2 N–H and O–H groups in total. The molecule has 0 amide bonds. The predicted molar refractivity (Wildman–Crippen MR) is 46.4 cm³/mol. The van der Waals surface area contributed by atoms with E-state index in [1.807, 2.05) is 25.1 Å². The molecule has 66 valence electrons. The maximum Gasteiger partial charge on any atom is 0.123 e. The van der Waals surface area contributed by atoms with Crippen molar-refractivity contribution in [3.63, 3.8) is 0 Å². The van der Waals surface area contributed by atoms with E-state index < -0.39 is 0 Å². The smallest absolute Gasteiger partial charge is 0.123 e. The predicted octanol–water partition coefficient (Wildman–Crippen LogP) is 1.48. The number of hydroxylamine groups is 1.